The monoisotopic (exact) mass is 235 g/mol. The molecule has 0 amide bonds. The van der Waals surface area contributed by atoms with Crippen molar-refractivity contribution in [3.63, 3.8) is 0 Å². The fraction of sp³-hybridized carbons (Fsp3) is 0.786. The molecule has 0 saturated heterocycles. The first kappa shape index (κ1) is 12.6. The molecule has 1 fully saturated rings. The molecule has 3 heteroatoms. The molecule has 1 N–H and O–H groups in total. The lowest BCUT2D eigenvalue weighted by Crippen LogP contribution is -2.20. The largest absolute Gasteiger partial charge is 0.331 e. The van der Waals surface area contributed by atoms with Gasteiger partial charge in [0.05, 0.1) is 5.69 Å². The third-order valence-corrected chi connectivity index (χ3v) is 3.56. The van der Waals surface area contributed by atoms with Crippen LogP contribution in [-0.2, 0) is 13.1 Å². The molecule has 3 nitrogen and oxygen atoms in total. The lowest BCUT2D eigenvalue weighted by Gasteiger charge is -2.15. The van der Waals surface area contributed by atoms with E-state index in [4.69, 9.17) is 0 Å². The first-order valence-electron chi connectivity index (χ1n) is 6.95. The van der Waals surface area contributed by atoms with Gasteiger partial charge in [0.1, 0.15) is 5.82 Å². The number of hydrogen-bond donors (Lipinski definition) is 1. The van der Waals surface area contributed by atoms with Gasteiger partial charge in [-0.2, -0.15) is 0 Å². The molecule has 1 aliphatic carbocycles. The van der Waals surface area contributed by atoms with Crippen molar-refractivity contribution in [2.45, 2.75) is 65.6 Å². The minimum absolute atomic E-state index is 0.743. The van der Waals surface area contributed by atoms with Gasteiger partial charge in [0, 0.05) is 25.3 Å². The normalized spacial score (nSPS) is 17.4. The number of hydrogen-bond acceptors (Lipinski definition) is 2. The van der Waals surface area contributed by atoms with Crippen LogP contribution in [0.25, 0.3) is 0 Å². The van der Waals surface area contributed by atoms with Crippen molar-refractivity contribution in [2.75, 3.05) is 0 Å². The Morgan fingerprint density at radius 1 is 1.53 bits per heavy atom. The van der Waals surface area contributed by atoms with E-state index >= 15 is 0 Å². The SMILES string of the molecule is CCCC(C)Cn1c(CNC2CC2)cnc1C. The summed E-state index contributed by atoms with van der Waals surface area (Å²) in [6.07, 6.45) is 7.29. The average molecular weight is 235 g/mol. The zero-order chi connectivity index (χ0) is 12.3. The molecule has 17 heavy (non-hydrogen) atoms. The summed E-state index contributed by atoms with van der Waals surface area (Å²) in [6, 6.07) is 0.770. The van der Waals surface area contributed by atoms with Crippen molar-refractivity contribution in [3.05, 3.63) is 17.7 Å². The van der Waals surface area contributed by atoms with Gasteiger partial charge >= 0.3 is 0 Å². The highest BCUT2D eigenvalue weighted by Crippen LogP contribution is 2.20. The summed E-state index contributed by atoms with van der Waals surface area (Å²) >= 11 is 0. The summed E-state index contributed by atoms with van der Waals surface area (Å²) < 4.78 is 2.38. The highest BCUT2D eigenvalue weighted by Gasteiger charge is 2.21. The fourth-order valence-electron chi connectivity index (χ4n) is 2.34. The number of nitrogens with one attached hydrogen (secondary N) is 1. The minimum atomic E-state index is 0.743. The summed E-state index contributed by atoms with van der Waals surface area (Å²) in [5.41, 5.74) is 1.34. The van der Waals surface area contributed by atoms with Crippen molar-refractivity contribution in [3.8, 4) is 0 Å². The van der Waals surface area contributed by atoms with E-state index in [0.29, 0.717) is 0 Å². The topological polar surface area (TPSA) is 29.9 Å². The van der Waals surface area contributed by atoms with Gasteiger partial charge in [-0.15, -0.1) is 0 Å². The number of nitrogens with zero attached hydrogens (tertiary/aromatic N) is 2. The van der Waals surface area contributed by atoms with Crippen LogP contribution in [0.15, 0.2) is 6.20 Å². The number of imidazole rings is 1. The zero-order valence-electron chi connectivity index (χ0n) is 11.4. The van der Waals surface area contributed by atoms with E-state index in [9.17, 15) is 0 Å². The van der Waals surface area contributed by atoms with Crippen LogP contribution in [-0.4, -0.2) is 15.6 Å². The maximum absolute atomic E-state index is 4.45. The van der Waals surface area contributed by atoms with Gasteiger partial charge < -0.3 is 9.88 Å². The van der Waals surface area contributed by atoms with E-state index in [0.717, 1.165) is 30.9 Å². The Bertz CT molecular complexity index is 352. The summed E-state index contributed by atoms with van der Waals surface area (Å²) in [5.74, 6) is 1.90. The summed E-state index contributed by atoms with van der Waals surface area (Å²) in [5, 5.41) is 3.57. The molecule has 96 valence electrons. The molecule has 1 unspecified atom stereocenters. The average Bonchev–Trinajstić information content (AvgIpc) is 3.05. The quantitative estimate of drug-likeness (QED) is 0.787. The van der Waals surface area contributed by atoms with Crippen LogP contribution in [0.3, 0.4) is 0 Å². The second-order valence-corrected chi connectivity index (χ2v) is 5.46. The van der Waals surface area contributed by atoms with Crippen molar-refractivity contribution in [1.29, 1.82) is 0 Å². The van der Waals surface area contributed by atoms with Gasteiger partial charge in [0.25, 0.3) is 0 Å². The molecule has 0 bridgehead atoms. The smallest absolute Gasteiger partial charge is 0.105 e. The molecular weight excluding hydrogens is 210 g/mol. The Morgan fingerprint density at radius 2 is 2.29 bits per heavy atom. The zero-order valence-corrected chi connectivity index (χ0v) is 11.4. The highest BCUT2D eigenvalue weighted by atomic mass is 15.1. The second-order valence-electron chi connectivity index (χ2n) is 5.46. The molecule has 1 heterocycles. The molecule has 2 rings (SSSR count). The van der Waals surface area contributed by atoms with Crippen LogP contribution in [0.2, 0.25) is 0 Å². The van der Waals surface area contributed by atoms with E-state index < -0.39 is 0 Å². The molecule has 0 spiro atoms. The summed E-state index contributed by atoms with van der Waals surface area (Å²) in [6.45, 7) is 8.79. The molecule has 0 aromatic carbocycles. The van der Waals surface area contributed by atoms with E-state index in [1.54, 1.807) is 0 Å². The third kappa shape index (κ3) is 3.56. The Kier molecular flexibility index (Phi) is 4.21. The van der Waals surface area contributed by atoms with Crippen LogP contribution < -0.4 is 5.32 Å². The van der Waals surface area contributed by atoms with Crippen LogP contribution in [0.5, 0.6) is 0 Å². The summed E-state index contributed by atoms with van der Waals surface area (Å²) in [4.78, 5) is 4.45. The van der Waals surface area contributed by atoms with Gasteiger partial charge in [-0.1, -0.05) is 20.3 Å². The lowest BCUT2D eigenvalue weighted by atomic mass is 10.1. The van der Waals surface area contributed by atoms with Gasteiger partial charge in [-0.25, -0.2) is 4.98 Å². The molecule has 1 atom stereocenters. The molecule has 1 aromatic heterocycles. The summed E-state index contributed by atoms with van der Waals surface area (Å²) in [7, 11) is 0. The van der Waals surface area contributed by atoms with Crippen LogP contribution >= 0.6 is 0 Å². The third-order valence-electron chi connectivity index (χ3n) is 3.56. The molecule has 1 saturated carbocycles. The number of aryl methyl sites for hydroxylation is 1. The Labute approximate surface area is 105 Å². The van der Waals surface area contributed by atoms with E-state index in [2.05, 4.69) is 35.6 Å². The molecule has 1 aromatic rings. The maximum Gasteiger partial charge on any atom is 0.105 e. The second kappa shape index (κ2) is 5.67. The van der Waals surface area contributed by atoms with Crippen LogP contribution in [0.1, 0.15) is 51.0 Å². The highest BCUT2D eigenvalue weighted by molar-refractivity contribution is 5.05. The van der Waals surface area contributed by atoms with Gasteiger partial charge in [0.2, 0.25) is 0 Å². The number of aromatic nitrogens is 2. The van der Waals surface area contributed by atoms with Gasteiger partial charge in [-0.05, 0) is 32.1 Å². The Balaban J connectivity index is 1.94. The minimum Gasteiger partial charge on any atom is -0.331 e. The van der Waals surface area contributed by atoms with Gasteiger partial charge in [-0.3, -0.25) is 0 Å². The lowest BCUT2D eigenvalue weighted by molar-refractivity contribution is 0.429. The Morgan fingerprint density at radius 3 is 2.94 bits per heavy atom. The van der Waals surface area contributed by atoms with Crippen molar-refractivity contribution >= 4 is 0 Å². The predicted octanol–water partition coefficient (Wildman–Crippen LogP) is 2.88. The van der Waals surface area contributed by atoms with Crippen LogP contribution in [0, 0.1) is 12.8 Å². The van der Waals surface area contributed by atoms with E-state index in [1.807, 2.05) is 6.20 Å². The fourth-order valence-corrected chi connectivity index (χ4v) is 2.34. The van der Waals surface area contributed by atoms with E-state index in [-0.39, 0.29) is 0 Å². The van der Waals surface area contributed by atoms with Crippen molar-refractivity contribution in [2.24, 2.45) is 5.92 Å². The first-order chi connectivity index (χ1) is 8.20. The van der Waals surface area contributed by atoms with Crippen molar-refractivity contribution < 1.29 is 0 Å². The molecule has 0 aliphatic heterocycles. The van der Waals surface area contributed by atoms with Gasteiger partial charge in [0.15, 0.2) is 0 Å². The maximum atomic E-state index is 4.45. The Hall–Kier alpha value is -0.830. The van der Waals surface area contributed by atoms with Crippen molar-refractivity contribution in [1.82, 2.24) is 14.9 Å². The first-order valence-corrected chi connectivity index (χ1v) is 6.95. The van der Waals surface area contributed by atoms with Crippen LogP contribution in [0.4, 0.5) is 0 Å². The molecular formula is C14H25N3. The predicted molar refractivity (Wildman–Crippen MR) is 70.9 cm³/mol. The number of rotatable bonds is 7. The molecule has 0 radical (unpaired) electrons. The standard InChI is InChI=1S/C14H25N3/c1-4-5-11(2)10-17-12(3)15-8-14(17)9-16-13-6-7-13/h8,11,13,16H,4-7,9-10H2,1-3H3. The molecule has 1 aliphatic rings. The van der Waals surface area contributed by atoms with E-state index in [1.165, 1.54) is 31.4 Å².